The number of para-hydroxylation sites is 1. The number of hydrogen-bond acceptors (Lipinski definition) is 4. The Balaban J connectivity index is 1.71. The molecular weight excluding hydrogens is 424 g/mol. The summed E-state index contributed by atoms with van der Waals surface area (Å²) in [6, 6.07) is 8.79. The van der Waals surface area contributed by atoms with E-state index in [9.17, 15) is 14.0 Å². The van der Waals surface area contributed by atoms with Crippen LogP contribution in [0.4, 0.5) is 10.1 Å². The summed E-state index contributed by atoms with van der Waals surface area (Å²) in [7, 11) is 0. The molecule has 0 aliphatic heterocycles. The van der Waals surface area contributed by atoms with Gasteiger partial charge in [0.25, 0.3) is 5.91 Å². The third-order valence-corrected chi connectivity index (χ3v) is 5.44. The molecule has 2 aromatic carbocycles. The number of benzene rings is 2. The lowest BCUT2D eigenvalue weighted by atomic mass is 10.2. The van der Waals surface area contributed by atoms with Gasteiger partial charge in [0.15, 0.2) is 6.61 Å². The Morgan fingerprint density at radius 1 is 1.15 bits per heavy atom. The van der Waals surface area contributed by atoms with Gasteiger partial charge in [0.2, 0.25) is 0 Å². The van der Waals surface area contributed by atoms with Crippen molar-refractivity contribution in [2.45, 2.75) is 0 Å². The third kappa shape index (κ3) is 3.94. The van der Waals surface area contributed by atoms with Crippen molar-refractivity contribution in [3.63, 3.8) is 0 Å². The monoisotopic (exact) mass is 431 g/mol. The highest BCUT2D eigenvalue weighted by molar-refractivity contribution is 7.21. The van der Waals surface area contributed by atoms with Gasteiger partial charge in [-0.25, -0.2) is 9.18 Å². The minimum atomic E-state index is -0.785. The van der Waals surface area contributed by atoms with E-state index in [-0.39, 0.29) is 15.6 Å². The van der Waals surface area contributed by atoms with E-state index in [1.165, 1.54) is 24.3 Å². The van der Waals surface area contributed by atoms with E-state index in [1.54, 1.807) is 12.1 Å². The quantitative estimate of drug-likeness (QED) is 0.530. The summed E-state index contributed by atoms with van der Waals surface area (Å²) in [6.45, 7) is -0.591. The first-order chi connectivity index (χ1) is 12.4. The van der Waals surface area contributed by atoms with Crippen LogP contribution in [0, 0.1) is 5.82 Å². The number of rotatable bonds is 4. The molecule has 0 fully saturated rings. The Kier molecular flexibility index (Phi) is 5.67. The van der Waals surface area contributed by atoms with Crippen LogP contribution >= 0.6 is 46.1 Å². The molecule has 3 aromatic rings. The highest BCUT2D eigenvalue weighted by Gasteiger charge is 2.21. The number of carbonyl (C=O) groups excluding carboxylic acids is 2. The van der Waals surface area contributed by atoms with Gasteiger partial charge < -0.3 is 10.1 Å². The first-order valence-electron chi connectivity index (χ1n) is 7.15. The predicted octanol–water partition coefficient (Wildman–Crippen LogP) is 5.80. The Morgan fingerprint density at radius 2 is 1.88 bits per heavy atom. The number of amides is 1. The number of nitrogens with one attached hydrogen (secondary N) is 1. The number of halogens is 4. The number of esters is 1. The normalized spacial score (nSPS) is 10.8. The summed E-state index contributed by atoms with van der Waals surface area (Å²) >= 11 is 19.3. The van der Waals surface area contributed by atoms with Gasteiger partial charge in [-0.15, -0.1) is 11.3 Å². The van der Waals surface area contributed by atoms with Crippen LogP contribution in [0.1, 0.15) is 9.67 Å². The van der Waals surface area contributed by atoms with Gasteiger partial charge in [-0.05, 0) is 24.3 Å². The van der Waals surface area contributed by atoms with Crippen LogP contribution in [-0.4, -0.2) is 18.5 Å². The standard InChI is InChI=1S/C17H9Cl3FNO3S/c18-8-5-9(19)14-12(6-8)26-16(15(14)20)17(24)25-7-13(23)22-11-4-2-1-3-10(11)21/h1-6H,7H2,(H,22,23). The van der Waals surface area contributed by atoms with Crippen molar-refractivity contribution in [3.8, 4) is 0 Å². The van der Waals surface area contributed by atoms with Gasteiger partial charge >= 0.3 is 5.97 Å². The van der Waals surface area contributed by atoms with Gasteiger partial charge in [0, 0.05) is 15.1 Å². The lowest BCUT2D eigenvalue weighted by molar-refractivity contribution is -0.119. The maximum atomic E-state index is 13.5. The average molecular weight is 433 g/mol. The van der Waals surface area contributed by atoms with Crippen molar-refractivity contribution >= 4 is 73.8 Å². The van der Waals surface area contributed by atoms with Crippen LogP contribution in [0.3, 0.4) is 0 Å². The zero-order valence-electron chi connectivity index (χ0n) is 12.8. The summed E-state index contributed by atoms with van der Waals surface area (Å²) < 4.78 is 19.1. The van der Waals surface area contributed by atoms with Gasteiger partial charge in [-0.1, -0.05) is 46.9 Å². The zero-order chi connectivity index (χ0) is 18.8. The van der Waals surface area contributed by atoms with Crippen LogP contribution in [0.25, 0.3) is 10.1 Å². The van der Waals surface area contributed by atoms with Crippen LogP contribution in [0.15, 0.2) is 36.4 Å². The molecule has 0 bridgehead atoms. The van der Waals surface area contributed by atoms with E-state index < -0.39 is 24.3 Å². The van der Waals surface area contributed by atoms with E-state index in [1.807, 2.05) is 0 Å². The Morgan fingerprint density at radius 3 is 2.62 bits per heavy atom. The highest BCUT2D eigenvalue weighted by atomic mass is 35.5. The molecule has 1 heterocycles. The lowest BCUT2D eigenvalue weighted by Gasteiger charge is -2.06. The molecule has 0 spiro atoms. The highest BCUT2D eigenvalue weighted by Crippen LogP contribution is 2.41. The summed E-state index contributed by atoms with van der Waals surface area (Å²) in [4.78, 5) is 24.2. The molecule has 0 saturated carbocycles. The maximum absolute atomic E-state index is 13.5. The zero-order valence-corrected chi connectivity index (χ0v) is 15.9. The fourth-order valence-corrected chi connectivity index (χ4v) is 4.45. The molecule has 134 valence electrons. The number of carbonyl (C=O) groups is 2. The SMILES string of the molecule is O=C(COC(=O)c1sc2cc(Cl)cc(Cl)c2c1Cl)Nc1ccccc1F. The van der Waals surface area contributed by atoms with E-state index in [4.69, 9.17) is 39.5 Å². The van der Waals surface area contributed by atoms with E-state index >= 15 is 0 Å². The molecule has 0 aliphatic rings. The summed E-state index contributed by atoms with van der Waals surface area (Å²) in [6.07, 6.45) is 0. The number of anilines is 1. The third-order valence-electron chi connectivity index (χ3n) is 3.32. The molecule has 0 radical (unpaired) electrons. The molecule has 3 rings (SSSR count). The second-order valence-corrected chi connectivity index (χ2v) is 7.38. The fourth-order valence-electron chi connectivity index (χ4n) is 2.19. The molecular formula is C17H9Cl3FNO3S. The number of hydrogen-bond donors (Lipinski definition) is 1. The smallest absolute Gasteiger partial charge is 0.350 e. The molecule has 1 amide bonds. The molecule has 0 saturated heterocycles. The second-order valence-electron chi connectivity index (χ2n) is 5.11. The summed E-state index contributed by atoms with van der Waals surface area (Å²) in [5.41, 5.74) is -0.00475. The molecule has 1 aromatic heterocycles. The molecule has 4 nitrogen and oxygen atoms in total. The Labute approximate surface area is 166 Å². The molecule has 0 atom stereocenters. The van der Waals surface area contributed by atoms with E-state index in [0.29, 0.717) is 20.1 Å². The predicted molar refractivity (Wildman–Crippen MR) is 102 cm³/mol. The first kappa shape index (κ1) is 18.9. The Bertz CT molecular complexity index is 1020. The maximum Gasteiger partial charge on any atom is 0.350 e. The number of ether oxygens (including phenoxy) is 1. The van der Waals surface area contributed by atoms with Gasteiger partial charge in [0.1, 0.15) is 10.7 Å². The molecule has 9 heteroatoms. The van der Waals surface area contributed by atoms with Crippen molar-refractivity contribution in [1.82, 2.24) is 0 Å². The fraction of sp³-hybridized carbons (Fsp3) is 0.0588. The minimum absolute atomic E-state index is 0.00475. The molecule has 1 N–H and O–H groups in total. The molecule has 0 aliphatic carbocycles. The topological polar surface area (TPSA) is 55.4 Å². The number of fused-ring (bicyclic) bond motifs is 1. The van der Waals surface area contributed by atoms with Crippen molar-refractivity contribution in [1.29, 1.82) is 0 Å². The van der Waals surface area contributed by atoms with E-state index in [2.05, 4.69) is 5.32 Å². The van der Waals surface area contributed by atoms with Crippen molar-refractivity contribution in [3.05, 3.63) is 62.2 Å². The minimum Gasteiger partial charge on any atom is -0.451 e. The summed E-state index contributed by atoms with van der Waals surface area (Å²) in [5.74, 6) is -2.06. The summed E-state index contributed by atoms with van der Waals surface area (Å²) in [5, 5.41) is 3.65. The molecule has 0 unspecified atom stereocenters. The van der Waals surface area contributed by atoms with Crippen LogP contribution in [0.2, 0.25) is 15.1 Å². The molecule has 26 heavy (non-hydrogen) atoms. The van der Waals surface area contributed by atoms with Crippen LogP contribution in [-0.2, 0) is 9.53 Å². The van der Waals surface area contributed by atoms with Gasteiger partial charge in [-0.2, -0.15) is 0 Å². The van der Waals surface area contributed by atoms with Crippen molar-refractivity contribution < 1.29 is 18.7 Å². The van der Waals surface area contributed by atoms with Crippen LogP contribution in [0.5, 0.6) is 0 Å². The first-order valence-corrected chi connectivity index (χ1v) is 9.10. The van der Waals surface area contributed by atoms with Crippen molar-refractivity contribution in [2.24, 2.45) is 0 Å². The largest absolute Gasteiger partial charge is 0.451 e. The van der Waals surface area contributed by atoms with Gasteiger partial charge in [-0.3, -0.25) is 4.79 Å². The van der Waals surface area contributed by atoms with Crippen LogP contribution < -0.4 is 5.32 Å². The van der Waals surface area contributed by atoms with Gasteiger partial charge in [0.05, 0.1) is 15.7 Å². The Hall–Kier alpha value is -1.86. The lowest BCUT2D eigenvalue weighted by Crippen LogP contribution is -2.21. The number of thiophene rings is 1. The second kappa shape index (κ2) is 7.80. The van der Waals surface area contributed by atoms with Crippen molar-refractivity contribution in [2.75, 3.05) is 11.9 Å². The van der Waals surface area contributed by atoms with E-state index in [0.717, 1.165) is 11.3 Å². The average Bonchev–Trinajstić information content (AvgIpc) is 2.91.